The predicted molar refractivity (Wildman–Crippen MR) is 70.5 cm³/mol. The highest BCUT2D eigenvalue weighted by Crippen LogP contribution is 2.11. The summed E-state index contributed by atoms with van der Waals surface area (Å²) in [5.41, 5.74) is 0.983. The SMILES string of the molecule is Cc1cnc(Cl)nc1NCCOCCC(C)C. The van der Waals surface area contributed by atoms with Crippen molar-refractivity contribution in [2.24, 2.45) is 5.92 Å². The molecule has 0 saturated heterocycles. The van der Waals surface area contributed by atoms with Gasteiger partial charge in [0.1, 0.15) is 5.82 Å². The first-order valence-corrected chi connectivity index (χ1v) is 6.28. The van der Waals surface area contributed by atoms with E-state index in [9.17, 15) is 0 Å². The second kappa shape index (κ2) is 7.45. The molecule has 0 amide bonds. The maximum Gasteiger partial charge on any atom is 0.224 e. The van der Waals surface area contributed by atoms with Crippen LogP contribution in [0.2, 0.25) is 5.28 Å². The number of hydrogen-bond donors (Lipinski definition) is 1. The van der Waals surface area contributed by atoms with Crippen LogP contribution in [0.4, 0.5) is 5.82 Å². The van der Waals surface area contributed by atoms with Gasteiger partial charge in [0.15, 0.2) is 0 Å². The Labute approximate surface area is 108 Å². The van der Waals surface area contributed by atoms with Crippen molar-refractivity contribution in [3.8, 4) is 0 Å². The number of ether oxygens (including phenoxy) is 1. The molecule has 0 aromatic carbocycles. The van der Waals surface area contributed by atoms with E-state index < -0.39 is 0 Å². The number of halogens is 1. The van der Waals surface area contributed by atoms with Crippen molar-refractivity contribution in [3.63, 3.8) is 0 Å². The first-order chi connectivity index (χ1) is 8.09. The summed E-state index contributed by atoms with van der Waals surface area (Å²) in [5.74, 6) is 1.46. The molecule has 1 aromatic heterocycles. The zero-order valence-electron chi connectivity index (χ0n) is 10.7. The lowest BCUT2D eigenvalue weighted by molar-refractivity contribution is 0.132. The number of aryl methyl sites for hydroxylation is 1. The zero-order valence-corrected chi connectivity index (χ0v) is 11.4. The Morgan fingerprint density at radius 3 is 2.88 bits per heavy atom. The number of nitrogens with zero attached hydrogens (tertiary/aromatic N) is 2. The fourth-order valence-corrected chi connectivity index (χ4v) is 1.40. The summed E-state index contributed by atoms with van der Waals surface area (Å²) < 4.78 is 5.50. The minimum atomic E-state index is 0.263. The van der Waals surface area contributed by atoms with E-state index in [1.807, 2.05) is 6.92 Å². The van der Waals surface area contributed by atoms with E-state index >= 15 is 0 Å². The van der Waals surface area contributed by atoms with E-state index in [2.05, 4.69) is 29.1 Å². The molecular weight excluding hydrogens is 238 g/mol. The van der Waals surface area contributed by atoms with Crippen LogP contribution in [0.3, 0.4) is 0 Å². The normalized spacial score (nSPS) is 10.9. The van der Waals surface area contributed by atoms with Crippen LogP contribution in [0.5, 0.6) is 0 Å². The average Bonchev–Trinajstić information content (AvgIpc) is 2.27. The third kappa shape index (κ3) is 5.84. The van der Waals surface area contributed by atoms with Crippen molar-refractivity contribution in [3.05, 3.63) is 17.0 Å². The van der Waals surface area contributed by atoms with Crippen molar-refractivity contribution < 1.29 is 4.74 Å². The van der Waals surface area contributed by atoms with Gasteiger partial charge in [0.05, 0.1) is 6.61 Å². The highest BCUT2D eigenvalue weighted by Gasteiger charge is 2.01. The van der Waals surface area contributed by atoms with Crippen LogP contribution < -0.4 is 5.32 Å². The first-order valence-electron chi connectivity index (χ1n) is 5.90. The lowest BCUT2D eigenvalue weighted by Crippen LogP contribution is -2.12. The minimum Gasteiger partial charge on any atom is -0.380 e. The van der Waals surface area contributed by atoms with Gasteiger partial charge in [-0.25, -0.2) is 9.97 Å². The van der Waals surface area contributed by atoms with Crippen molar-refractivity contribution in [1.82, 2.24) is 9.97 Å². The molecule has 0 radical (unpaired) electrons. The molecule has 1 rings (SSSR count). The molecule has 17 heavy (non-hydrogen) atoms. The number of nitrogens with one attached hydrogen (secondary N) is 1. The molecule has 4 nitrogen and oxygen atoms in total. The number of anilines is 1. The Morgan fingerprint density at radius 1 is 1.41 bits per heavy atom. The molecule has 1 N–H and O–H groups in total. The summed E-state index contributed by atoms with van der Waals surface area (Å²) in [4.78, 5) is 8.01. The molecule has 1 aromatic rings. The Bertz CT molecular complexity index is 345. The van der Waals surface area contributed by atoms with Gasteiger partial charge in [-0.2, -0.15) is 0 Å². The number of hydrogen-bond acceptors (Lipinski definition) is 4. The van der Waals surface area contributed by atoms with E-state index in [0.29, 0.717) is 12.5 Å². The van der Waals surface area contributed by atoms with E-state index in [-0.39, 0.29) is 5.28 Å². The third-order valence-corrected chi connectivity index (χ3v) is 2.50. The maximum atomic E-state index is 5.72. The monoisotopic (exact) mass is 257 g/mol. The molecule has 0 aliphatic rings. The standard InChI is InChI=1S/C12H20ClN3O/c1-9(2)4-6-17-7-5-14-11-10(3)8-15-12(13)16-11/h8-9H,4-7H2,1-3H3,(H,14,15,16). The summed E-state index contributed by atoms with van der Waals surface area (Å²) in [6, 6.07) is 0. The molecule has 0 atom stereocenters. The maximum absolute atomic E-state index is 5.72. The van der Waals surface area contributed by atoms with Gasteiger partial charge in [0.25, 0.3) is 0 Å². The van der Waals surface area contributed by atoms with E-state index in [1.165, 1.54) is 0 Å². The largest absolute Gasteiger partial charge is 0.380 e. The van der Waals surface area contributed by atoms with Crippen molar-refractivity contribution in [1.29, 1.82) is 0 Å². The molecule has 96 valence electrons. The Kier molecular flexibility index (Phi) is 6.22. The quantitative estimate of drug-likeness (QED) is 0.603. The Morgan fingerprint density at radius 2 is 2.18 bits per heavy atom. The molecule has 0 aliphatic heterocycles. The molecule has 0 fully saturated rings. The first kappa shape index (κ1) is 14.2. The summed E-state index contributed by atoms with van der Waals surface area (Å²) in [6.07, 6.45) is 2.80. The summed E-state index contributed by atoms with van der Waals surface area (Å²) in [5, 5.41) is 3.44. The molecule has 0 bridgehead atoms. The smallest absolute Gasteiger partial charge is 0.224 e. The second-order valence-corrected chi connectivity index (χ2v) is 4.73. The average molecular weight is 258 g/mol. The molecular formula is C12H20ClN3O. The predicted octanol–water partition coefficient (Wildman–Crippen LogP) is 2.91. The van der Waals surface area contributed by atoms with Crippen LogP contribution in [0.25, 0.3) is 0 Å². The van der Waals surface area contributed by atoms with Gasteiger partial charge in [-0.1, -0.05) is 13.8 Å². The number of rotatable bonds is 7. The lowest BCUT2D eigenvalue weighted by atomic mass is 10.1. The van der Waals surface area contributed by atoms with Crippen molar-refractivity contribution in [2.75, 3.05) is 25.1 Å². The highest BCUT2D eigenvalue weighted by molar-refractivity contribution is 6.28. The number of aromatic nitrogens is 2. The van der Waals surface area contributed by atoms with Gasteiger partial charge in [0.2, 0.25) is 5.28 Å². The molecule has 0 spiro atoms. The lowest BCUT2D eigenvalue weighted by Gasteiger charge is -2.09. The van der Waals surface area contributed by atoms with Crippen LogP contribution in [0, 0.1) is 12.8 Å². The van der Waals surface area contributed by atoms with Gasteiger partial charge in [-0.15, -0.1) is 0 Å². The fraction of sp³-hybridized carbons (Fsp3) is 0.667. The van der Waals surface area contributed by atoms with Crippen LogP contribution in [0.15, 0.2) is 6.20 Å². The van der Waals surface area contributed by atoms with Gasteiger partial charge < -0.3 is 10.1 Å². The molecule has 0 aliphatic carbocycles. The van der Waals surface area contributed by atoms with Crippen molar-refractivity contribution in [2.45, 2.75) is 27.2 Å². The van der Waals surface area contributed by atoms with Gasteiger partial charge >= 0.3 is 0 Å². The van der Waals surface area contributed by atoms with E-state index in [1.54, 1.807) is 6.20 Å². The highest BCUT2D eigenvalue weighted by atomic mass is 35.5. The van der Waals surface area contributed by atoms with Gasteiger partial charge in [-0.05, 0) is 30.9 Å². The van der Waals surface area contributed by atoms with Crippen molar-refractivity contribution >= 4 is 17.4 Å². The summed E-state index contributed by atoms with van der Waals surface area (Å²) >= 11 is 5.72. The second-order valence-electron chi connectivity index (χ2n) is 4.39. The fourth-order valence-electron chi connectivity index (χ4n) is 1.26. The molecule has 0 unspecified atom stereocenters. The van der Waals surface area contributed by atoms with Crippen LogP contribution in [0.1, 0.15) is 25.8 Å². The third-order valence-electron chi connectivity index (χ3n) is 2.32. The van der Waals surface area contributed by atoms with Gasteiger partial charge in [0, 0.05) is 24.9 Å². The zero-order chi connectivity index (χ0) is 12.7. The molecule has 5 heteroatoms. The molecule has 0 saturated carbocycles. The van der Waals surface area contributed by atoms with E-state index in [0.717, 1.165) is 31.0 Å². The van der Waals surface area contributed by atoms with Gasteiger partial charge in [-0.3, -0.25) is 0 Å². The van der Waals surface area contributed by atoms with E-state index in [4.69, 9.17) is 16.3 Å². The minimum absolute atomic E-state index is 0.263. The van der Waals surface area contributed by atoms with Crippen LogP contribution >= 0.6 is 11.6 Å². The Balaban J connectivity index is 2.20. The summed E-state index contributed by atoms with van der Waals surface area (Å²) in [7, 11) is 0. The van der Waals surface area contributed by atoms with Crippen LogP contribution in [-0.2, 0) is 4.74 Å². The van der Waals surface area contributed by atoms with Crippen LogP contribution in [-0.4, -0.2) is 29.7 Å². The Hall–Kier alpha value is -0.870. The topological polar surface area (TPSA) is 47.0 Å². The summed E-state index contributed by atoms with van der Waals surface area (Å²) in [6.45, 7) is 8.53. The molecule has 1 heterocycles.